The van der Waals surface area contributed by atoms with Gasteiger partial charge in [0.05, 0.1) is 4.90 Å². The number of rotatable bonds is 5. The van der Waals surface area contributed by atoms with Crippen LogP contribution in [-0.2, 0) is 9.84 Å². The molecule has 9 heteroatoms. The smallest absolute Gasteiger partial charge is 0.269 e. The molecule has 7 nitrogen and oxygen atoms in total. The monoisotopic (exact) mass is 447 g/mol. The van der Waals surface area contributed by atoms with Crippen molar-refractivity contribution in [3.8, 4) is 17.7 Å². The van der Waals surface area contributed by atoms with E-state index in [2.05, 4.69) is 4.98 Å². The van der Waals surface area contributed by atoms with Crippen LogP contribution in [0.2, 0.25) is 0 Å². The van der Waals surface area contributed by atoms with Gasteiger partial charge in [-0.1, -0.05) is 24.3 Å². The number of allylic oxidation sites excluding steroid dienone is 1. The summed E-state index contributed by atoms with van der Waals surface area (Å²) >= 11 is 0. The Labute approximate surface area is 182 Å². The summed E-state index contributed by atoms with van der Waals surface area (Å²) in [6.07, 6.45) is 2.40. The molecule has 2 aromatic carbocycles. The van der Waals surface area contributed by atoms with Crippen LogP contribution in [0, 0.1) is 17.1 Å². The number of pyridine rings is 1. The molecular weight excluding hydrogens is 433 g/mol. The zero-order valence-electron chi connectivity index (χ0n) is 16.3. The lowest BCUT2D eigenvalue weighted by Crippen LogP contribution is -2.19. The summed E-state index contributed by atoms with van der Waals surface area (Å²) in [6, 6.07) is 18.9. The largest absolute Gasteiger partial charge is 0.438 e. The van der Waals surface area contributed by atoms with E-state index >= 15 is 0 Å². The van der Waals surface area contributed by atoms with Crippen LogP contribution < -0.4 is 10.3 Å². The first-order valence-electron chi connectivity index (χ1n) is 9.27. The van der Waals surface area contributed by atoms with Crippen LogP contribution in [0.5, 0.6) is 11.6 Å². The summed E-state index contributed by atoms with van der Waals surface area (Å²) in [5.41, 5.74) is -0.631. The van der Waals surface area contributed by atoms with Gasteiger partial charge in [0.2, 0.25) is 15.7 Å². The van der Waals surface area contributed by atoms with Gasteiger partial charge in [-0.3, -0.25) is 9.20 Å². The number of aromatic nitrogens is 2. The molecule has 2 heterocycles. The van der Waals surface area contributed by atoms with Crippen LogP contribution in [0.15, 0.2) is 93.6 Å². The zero-order chi connectivity index (χ0) is 22.7. The first-order valence-corrected chi connectivity index (χ1v) is 10.8. The van der Waals surface area contributed by atoms with Crippen molar-refractivity contribution in [2.75, 3.05) is 0 Å². The van der Waals surface area contributed by atoms with Crippen molar-refractivity contribution in [1.82, 2.24) is 9.38 Å². The molecule has 0 spiro atoms. The maximum atomic E-state index is 13.3. The van der Waals surface area contributed by atoms with E-state index in [1.54, 1.807) is 30.3 Å². The van der Waals surface area contributed by atoms with Crippen LogP contribution in [-0.4, -0.2) is 17.8 Å². The van der Waals surface area contributed by atoms with E-state index in [-0.39, 0.29) is 27.7 Å². The van der Waals surface area contributed by atoms with Crippen molar-refractivity contribution in [2.24, 2.45) is 0 Å². The molecule has 158 valence electrons. The molecule has 0 unspecified atom stereocenters. The van der Waals surface area contributed by atoms with Crippen LogP contribution in [0.4, 0.5) is 4.39 Å². The second kappa shape index (κ2) is 8.45. The zero-order valence-corrected chi connectivity index (χ0v) is 17.2. The van der Waals surface area contributed by atoms with E-state index < -0.39 is 26.1 Å². The lowest BCUT2D eigenvalue weighted by Gasteiger charge is -2.10. The molecule has 0 radical (unpaired) electrons. The fraction of sp³-hybridized carbons (Fsp3) is 0. The van der Waals surface area contributed by atoms with Crippen LogP contribution >= 0.6 is 0 Å². The summed E-state index contributed by atoms with van der Waals surface area (Å²) < 4.78 is 46.0. The van der Waals surface area contributed by atoms with Crippen molar-refractivity contribution in [1.29, 1.82) is 5.26 Å². The highest BCUT2D eigenvalue weighted by atomic mass is 32.2. The van der Waals surface area contributed by atoms with Gasteiger partial charge in [0.15, 0.2) is 0 Å². The quantitative estimate of drug-likeness (QED) is 0.429. The minimum atomic E-state index is -4.20. The topological polar surface area (TPSA) is 102 Å². The molecule has 0 aliphatic rings. The number of ether oxygens (including phenoxy) is 1. The molecule has 0 N–H and O–H groups in total. The first kappa shape index (κ1) is 21.0. The Kier molecular flexibility index (Phi) is 5.54. The summed E-state index contributed by atoms with van der Waals surface area (Å²) in [4.78, 5) is 16.7. The predicted molar refractivity (Wildman–Crippen MR) is 115 cm³/mol. The summed E-state index contributed by atoms with van der Waals surface area (Å²) in [5, 5.41) is 9.59. The molecule has 0 amide bonds. The maximum Gasteiger partial charge on any atom is 0.269 e. The molecule has 0 aliphatic heterocycles. The lowest BCUT2D eigenvalue weighted by molar-refractivity contribution is 0.459. The minimum Gasteiger partial charge on any atom is -0.438 e. The van der Waals surface area contributed by atoms with Gasteiger partial charge in [-0.15, -0.1) is 0 Å². The van der Waals surface area contributed by atoms with E-state index in [9.17, 15) is 22.9 Å². The highest BCUT2D eigenvalue weighted by Crippen LogP contribution is 2.26. The summed E-state index contributed by atoms with van der Waals surface area (Å²) in [7, 11) is -4.20. The van der Waals surface area contributed by atoms with Crippen molar-refractivity contribution in [3.63, 3.8) is 0 Å². The number of nitrogens with zero attached hydrogens (tertiary/aromatic N) is 3. The standard InChI is InChI=1S/C23H14FN3O4S/c24-16-9-11-17(12-10-16)31-22-20(23(28)27-13-5-4-8-21(27)26-22)14-19(15-25)32(29,30)18-6-2-1-3-7-18/h1-14H. The van der Waals surface area contributed by atoms with Gasteiger partial charge in [0, 0.05) is 6.20 Å². The van der Waals surface area contributed by atoms with E-state index in [1.807, 2.05) is 0 Å². The molecule has 4 rings (SSSR count). The van der Waals surface area contributed by atoms with Gasteiger partial charge < -0.3 is 4.74 Å². The third kappa shape index (κ3) is 3.99. The Balaban J connectivity index is 1.93. The number of hydrogen-bond donors (Lipinski definition) is 0. The molecule has 0 aliphatic carbocycles. The Morgan fingerprint density at radius 1 is 1.03 bits per heavy atom. The number of nitriles is 1. The molecule has 32 heavy (non-hydrogen) atoms. The van der Waals surface area contributed by atoms with Crippen molar-refractivity contribution >= 4 is 21.6 Å². The Morgan fingerprint density at radius 3 is 2.41 bits per heavy atom. The normalized spacial score (nSPS) is 11.8. The van der Waals surface area contributed by atoms with Crippen LogP contribution in [0.3, 0.4) is 0 Å². The average Bonchev–Trinajstić information content (AvgIpc) is 2.81. The Bertz CT molecular complexity index is 1540. The van der Waals surface area contributed by atoms with Gasteiger partial charge in [0.1, 0.15) is 33.8 Å². The second-order valence-corrected chi connectivity index (χ2v) is 8.48. The maximum absolute atomic E-state index is 13.3. The van der Waals surface area contributed by atoms with Gasteiger partial charge in [-0.2, -0.15) is 10.2 Å². The van der Waals surface area contributed by atoms with Crippen LogP contribution in [0.25, 0.3) is 11.7 Å². The van der Waals surface area contributed by atoms with E-state index in [1.165, 1.54) is 59.1 Å². The van der Waals surface area contributed by atoms with Gasteiger partial charge in [-0.05, 0) is 54.6 Å². The third-order valence-corrected chi connectivity index (χ3v) is 6.17. The summed E-state index contributed by atoms with van der Waals surface area (Å²) in [5.74, 6) is -0.522. The number of fused-ring (bicyclic) bond motifs is 1. The second-order valence-electron chi connectivity index (χ2n) is 6.56. The molecule has 0 saturated carbocycles. The third-order valence-electron chi connectivity index (χ3n) is 4.49. The van der Waals surface area contributed by atoms with Crippen LogP contribution in [0.1, 0.15) is 5.56 Å². The van der Waals surface area contributed by atoms with E-state index in [0.29, 0.717) is 0 Å². The highest BCUT2D eigenvalue weighted by molar-refractivity contribution is 7.95. The number of hydrogen-bond acceptors (Lipinski definition) is 6. The van der Waals surface area contributed by atoms with Gasteiger partial charge in [0.25, 0.3) is 5.56 Å². The molecule has 0 bridgehead atoms. The van der Waals surface area contributed by atoms with E-state index in [0.717, 1.165) is 6.08 Å². The van der Waals surface area contributed by atoms with E-state index in [4.69, 9.17) is 4.74 Å². The number of sulfone groups is 1. The molecule has 0 atom stereocenters. The average molecular weight is 447 g/mol. The molecule has 4 aromatic rings. The van der Waals surface area contributed by atoms with Crippen molar-refractivity contribution in [2.45, 2.75) is 4.90 Å². The molecule has 0 saturated heterocycles. The molecule has 2 aromatic heterocycles. The lowest BCUT2D eigenvalue weighted by atomic mass is 10.2. The highest BCUT2D eigenvalue weighted by Gasteiger charge is 2.23. The number of halogens is 1. The first-order chi connectivity index (χ1) is 15.4. The summed E-state index contributed by atoms with van der Waals surface area (Å²) in [6.45, 7) is 0. The van der Waals surface area contributed by atoms with Gasteiger partial charge in [-0.25, -0.2) is 12.8 Å². The molecular formula is C23H14FN3O4S. The van der Waals surface area contributed by atoms with Crippen molar-refractivity contribution in [3.05, 3.63) is 106 Å². The van der Waals surface area contributed by atoms with Crippen molar-refractivity contribution < 1.29 is 17.5 Å². The predicted octanol–water partition coefficient (Wildman–Crippen LogP) is 3.96. The Hall–Kier alpha value is -4.29. The van der Waals surface area contributed by atoms with Gasteiger partial charge >= 0.3 is 0 Å². The number of benzene rings is 2. The molecule has 0 fully saturated rings. The Morgan fingerprint density at radius 2 is 1.72 bits per heavy atom. The minimum absolute atomic E-state index is 0.0948. The fourth-order valence-corrected chi connectivity index (χ4v) is 4.09. The fourth-order valence-electron chi connectivity index (χ4n) is 2.93. The SMILES string of the molecule is N#CC(=Cc1c(Oc2ccc(F)cc2)nc2ccccn2c1=O)S(=O)(=O)c1ccccc1.